The minimum atomic E-state index is -0.280. The number of aromatic amines is 2. The number of para-hydroxylation sites is 1. The van der Waals surface area contributed by atoms with E-state index in [2.05, 4.69) is 15.3 Å². The van der Waals surface area contributed by atoms with Crippen LogP contribution in [0.5, 0.6) is 0 Å². The lowest BCUT2D eigenvalue weighted by molar-refractivity contribution is 0.102. The van der Waals surface area contributed by atoms with Gasteiger partial charge in [-0.25, -0.2) is 4.79 Å². The maximum absolute atomic E-state index is 12.4. The van der Waals surface area contributed by atoms with Crippen LogP contribution in [-0.4, -0.2) is 15.9 Å². The predicted octanol–water partition coefficient (Wildman–Crippen LogP) is 2.73. The molecule has 0 saturated heterocycles. The van der Waals surface area contributed by atoms with E-state index in [1.807, 2.05) is 32.0 Å². The van der Waals surface area contributed by atoms with Crippen molar-refractivity contribution >= 4 is 22.6 Å². The third-order valence-electron chi connectivity index (χ3n) is 3.50. The molecule has 0 aliphatic rings. The maximum atomic E-state index is 12.4. The molecular weight excluding hydrogens is 266 g/mol. The van der Waals surface area contributed by atoms with Crippen LogP contribution in [0, 0.1) is 13.8 Å². The van der Waals surface area contributed by atoms with Crippen LogP contribution < -0.4 is 11.0 Å². The van der Waals surface area contributed by atoms with E-state index in [1.54, 1.807) is 18.2 Å². The fraction of sp³-hybridized carbons (Fsp3) is 0.125. The van der Waals surface area contributed by atoms with Gasteiger partial charge < -0.3 is 15.3 Å². The van der Waals surface area contributed by atoms with Crippen molar-refractivity contribution in [2.45, 2.75) is 13.8 Å². The Balaban J connectivity index is 1.95. The van der Waals surface area contributed by atoms with Crippen molar-refractivity contribution in [3.63, 3.8) is 0 Å². The standard InChI is InChI=1S/C16H15N3O2/c1-9-4-3-5-10(2)14(9)19-15(20)11-6-7-12-13(8-11)18-16(21)17-12/h3-8H,1-2H3,(H,19,20)(H2,17,18,21). The second-order valence-electron chi connectivity index (χ2n) is 5.06. The Morgan fingerprint density at radius 3 is 2.38 bits per heavy atom. The van der Waals surface area contributed by atoms with Gasteiger partial charge >= 0.3 is 5.69 Å². The van der Waals surface area contributed by atoms with E-state index in [0.717, 1.165) is 16.8 Å². The molecule has 0 radical (unpaired) electrons. The van der Waals surface area contributed by atoms with Crippen molar-refractivity contribution in [2.24, 2.45) is 0 Å². The van der Waals surface area contributed by atoms with Gasteiger partial charge in [-0.05, 0) is 43.2 Å². The van der Waals surface area contributed by atoms with E-state index in [9.17, 15) is 9.59 Å². The summed E-state index contributed by atoms with van der Waals surface area (Å²) in [4.78, 5) is 28.9. The fourth-order valence-corrected chi connectivity index (χ4v) is 2.37. The van der Waals surface area contributed by atoms with E-state index in [-0.39, 0.29) is 11.6 Å². The highest BCUT2D eigenvalue weighted by atomic mass is 16.2. The Labute approximate surface area is 121 Å². The first-order chi connectivity index (χ1) is 10.0. The first kappa shape index (κ1) is 13.2. The van der Waals surface area contributed by atoms with Crippen LogP contribution in [0.15, 0.2) is 41.2 Å². The summed E-state index contributed by atoms with van der Waals surface area (Å²) in [5.41, 5.74) is 4.37. The van der Waals surface area contributed by atoms with E-state index in [4.69, 9.17) is 0 Å². The average molecular weight is 281 g/mol. The highest BCUT2D eigenvalue weighted by Crippen LogP contribution is 2.20. The lowest BCUT2D eigenvalue weighted by Gasteiger charge is -2.11. The third kappa shape index (κ3) is 2.45. The number of carbonyl (C=O) groups excluding carboxylic acids is 1. The van der Waals surface area contributed by atoms with Crippen LogP contribution in [0.3, 0.4) is 0 Å². The van der Waals surface area contributed by atoms with Gasteiger partial charge in [-0.15, -0.1) is 0 Å². The molecule has 0 aliphatic heterocycles. The van der Waals surface area contributed by atoms with E-state index >= 15 is 0 Å². The molecule has 1 heterocycles. The Morgan fingerprint density at radius 1 is 1.00 bits per heavy atom. The topological polar surface area (TPSA) is 77.8 Å². The number of nitrogens with one attached hydrogen (secondary N) is 3. The quantitative estimate of drug-likeness (QED) is 0.675. The number of fused-ring (bicyclic) bond motifs is 1. The lowest BCUT2D eigenvalue weighted by Crippen LogP contribution is -2.13. The summed E-state index contributed by atoms with van der Waals surface area (Å²) < 4.78 is 0. The van der Waals surface area contributed by atoms with Crippen LogP contribution in [0.4, 0.5) is 5.69 Å². The van der Waals surface area contributed by atoms with Gasteiger partial charge in [-0.1, -0.05) is 18.2 Å². The molecule has 0 unspecified atom stereocenters. The Hall–Kier alpha value is -2.82. The first-order valence-electron chi connectivity index (χ1n) is 6.64. The number of aromatic nitrogens is 2. The van der Waals surface area contributed by atoms with Gasteiger partial charge in [0.1, 0.15) is 0 Å². The molecule has 106 valence electrons. The second kappa shape index (κ2) is 4.94. The molecule has 2 aromatic carbocycles. The van der Waals surface area contributed by atoms with E-state index < -0.39 is 0 Å². The van der Waals surface area contributed by atoms with Crippen molar-refractivity contribution in [1.29, 1.82) is 0 Å². The highest BCUT2D eigenvalue weighted by Gasteiger charge is 2.10. The van der Waals surface area contributed by atoms with Gasteiger partial charge in [0.2, 0.25) is 0 Å². The predicted molar refractivity (Wildman–Crippen MR) is 82.8 cm³/mol. The summed E-state index contributed by atoms with van der Waals surface area (Å²) >= 11 is 0. The summed E-state index contributed by atoms with van der Waals surface area (Å²) in [6.07, 6.45) is 0. The van der Waals surface area contributed by atoms with Gasteiger partial charge in [0.15, 0.2) is 0 Å². The molecule has 0 saturated carbocycles. The second-order valence-corrected chi connectivity index (χ2v) is 5.06. The first-order valence-corrected chi connectivity index (χ1v) is 6.64. The van der Waals surface area contributed by atoms with Crippen molar-refractivity contribution in [2.75, 3.05) is 5.32 Å². The average Bonchev–Trinajstić information content (AvgIpc) is 2.81. The Morgan fingerprint density at radius 2 is 1.67 bits per heavy atom. The van der Waals surface area contributed by atoms with Crippen LogP contribution in [0.1, 0.15) is 21.5 Å². The summed E-state index contributed by atoms with van der Waals surface area (Å²) in [6, 6.07) is 10.9. The van der Waals surface area contributed by atoms with Crippen molar-refractivity contribution in [3.8, 4) is 0 Å². The maximum Gasteiger partial charge on any atom is 0.323 e. The summed E-state index contributed by atoms with van der Waals surface area (Å²) in [6.45, 7) is 3.91. The van der Waals surface area contributed by atoms with E-state index in [0.29, 0.717) is 16.6 Å². The zero-order valence-corrected chi connectivity index (χ0v) is 11.8. The van der Waals surface area contributed by atoms with Crippen LogP contribution >= 0.6 is 0 Å². The fourth-order valence-electron chi connectivity index (χ4n) is 2.37. The smallest absolute Gasteiger partial charge is 0.322 e. The summed E-state index contributed by atoms with van der Waals surface area (Å²) in [5, 5.41) is 2.93. The SMILES string of the molecule is Cc1cccc(C)c1NC(=O)c1ccc2[nH]c(=O)[nH]c2c1. The van der Waals surface area contributed by atoms with Crippen molar-refractivity contribution in [3.05, 3.63) is 63.6 Å². The van der Waals surface area contributed by atoms with Crippen LogP contribution in [-0.2, 0) is 0 Å². The molecule has 1 amide bonds. The molecule has 3 rings (SSSR count). The molecule has 0 spiro atoms. The molecule has 0 fully saturated rings. The monoisotopic (exact) mass is 281 g/mol. The van der Waals surface area contributed by atoms with Crippen molar-refractivity contribution in [1.82, 2.24) is 9.97 Å². The number of H-pyrrole nitrogens is 2. The lowest BCUT2D eigenvalue weighted by atomic mass is 10.1. The number of benzene rings is 2. The van der Waals surface area contributed by atoms with Crippen LogP contribution in [0.25, 0.3) is 11.0 Å². The number of anilines is 1. The number of hydrogen-bond donors (Lipinski definition) is 3. The minimum absolute atomic E-state index is 0.198. The number of aryl methyl sites for hydroxylation is 2. The third-order valence-corrected chi connectivity index (χ3v) is 3.50. The minimum Gasteiger partial charge on any atom is -0.322 e. The molecule has 0 aliphatic carbocycles. The molecular formula is C16H15N3O2. The number of amides is 1. The summed E-state index contributed by atoms with van der Waals surface area (Å²) in [5.74, 6) is -0.198. The normalized spacial score (nSPS) is 10.8. The van der Waals surface area contributed by atoms with Gasteiger partial charge in [0.05, 0.1) is 11.0 Å². The van der Waals surface area contributed by atoms with Gasteiger partial charge in [0.25, 0.3) is 5.91 Å². The number of carbonyl (C=O) groups is 1. The van der Waals surface area contributed by atoms with E-state index in [1.165, 1.54) is 0 Å². The molecule has 5 nitrogen and oxygen atoms in total. The largest absolute Gasteiger partial charge is 0.323 e. The number of hydrogen-bond acceptors (Lipinski definition) is 2. The zero-order valence-electron chi connectivity index (χ0n) is 11.8. The molecule has 5 heteroatoms. The van der Waals surface area contributed by atoms with Crippen LogP contribution in [0.2, 0.25) is 0 Å². The number of imidazole rings is 1. The molecule has 3 N–H and O–H groups in total. The Kier molecular flexibility index (Phi) is 3.10. The molecule has 3 aromatic rings. The zero-order chi connectivity index (χ0) is 15.0. The van der Waals surface area contributed by atoms with Crippen molar-refractivity contribution < 1.29 is 4.79 Å². The Bertz CT molecular complexity index is 870. The summed E-state index contributed by atoms with van der Waals surface area (Å²) in [7, 11) is 0. The van der Waals surface area contributed by atoms with Gasteiger partial charge in [-0.2, -0.15) is 0 Å². The molecule has 0 atom stereocenters. The molecule has 0 bridgehead atoms. The van der Waals surface area contributed by atoms with Gasteiger partial charge in [0, 0.05) is 11.3 Å². The molecule has 21 heavy (non-hydrogen) atoms. The van der Waals surface area contributed by atoms with Gasteiger partial charge in [-0.3, -0.25) is 4.79 Å². The number of rotatable bonds is 2. The molecule has 1 aromatic heterocycles. The highest BCUT2D eigenvalue weighted by molar-refractivity contribution is 6.06.